The lowest BCUT2D eigenvalue weighted by Crippen LogP contribution is -2.09. The highest BCUT2D eigenvalue weighted by Gasteiger charge is 2.25. The van der Waals surface area contributed by atoms with Crippen LogP contribution in [0, 0.1) is 20.8 Å². The average molecular weight is 476 g/mol. The molecule has 6 rings (SSSR count). The molecule has 4 aromatic heterocycles. The summed E-state index contributed by atoms with van der Waals surface area (Å²) in [6.45, 7) is 5.37. The first kappa shape index (κ1) is 21.6. The van der Waals surface area contributed by atoms with E-state index in [9.17, 15) is 4.39 Å². The Morgan fingerprint density at radius 2 is 2.06 bits per heavy atom. The first-order valence-corrected chi connectivity index (χ1v) is 11.7. The van der Waals surface area contributed by atoms with E-state index in [0.29, 0.717) is 23.0 Å². The third-order valence-corrected chi connectivity index (χ3v) is 6.69. The zero-order chi connectivity index (χ0) is 24.3. The van der Waals surface area contributed by atoms with Crippen LogP contribution in [0.3, 0.4) is 0 Å². The number of methoxy groups -OCH3 is 1. The van der Waals surface area contributed by atoms with Crippen LogP contribution in [0.25, 0.3) is 33.1 Å². The Morgan fingerprint density at radius 3 is 2.80 bits per heavy atom. The Kier molecular flexibility index (Phi) is 4.98. The Bertz CT molecular complexity index is 1580. The summed E-state index contributed by atoms with van der Waals surface area (Å²) in [4.78, 5) is 12.8. The SMILES string of the molecule is COc1cc2c(cc1-c1c(C)noc1C)[nH]c1nc(C)nc(Nc3c4c(nn3CCF)CCC4)c12. The lowest BCUT2D eigenvalue weighted by molar-refractivity contribution is 0.393. The summed E-state index contributed by atoms with van der Waals surface area (Å²) in [6.07, 6.45) is 2.88. The molecule has 0 saturated heterocycles. The van der Waals surface area contributed by atoms with Crippen molar-refractivity contribution in [3.05, 3.63) is 40.7 Å². The maximum absolute atomic E-state index is 13.3. The Balaban J connectivity index is 1.56. The zero-order valence-electron chi connectivity index (χ0n) is 20.1. The number of hydrogen-bond acceptors (Lipinski definition) is 7. The monoisotopic (exact) mass is 475 g/mol. The fraction of sp³-hybridized carbons (Fsp3) is 0.360. The number of H-pyrrole nitrogens is 1. The number of benzene rings is 1. The molecule has 0 spiro atoms. The lowest BCUT2D eigenvalue weighted by Gasteiger charge is -2.12. The number of aryl methyl sites for hydroxylation is 5. The van der Waals surface area contributed by atoms with Crippen molar-refractivity contribution in [1.82, 2.24) is 29.9 Å². The molecule has 35 heavy (non-hydrogen) atoms. The quantitative estimate of drug-likeness (QED) is 0.352. The van der Waals surface area contributed by atoms with Crippen molar-refractivity contribution in [2.24, 2.45) is 0 Å². The van der Waals surface area contributed by atoms with E-state index in [1.807, 2.05) is 32.9 Å². The molecule has 180 valence electrons. The summed E-state index contributed by atoms with van der Waals surface area (Å²) in [5.74, 6) is 3.51. The highest BCUT2D eigenvalue weighted by atomic mass is 19.1. The van der Waals surface area contributed by atoms with Gasteiger partial charge in [0.25, 0.3) is 0 Å². The minimum absolute atomic E-state index is 0.199. The second kappa shape index (κ2) is 8.07. The van der Waals surface area contributed by atoms with Crippen molar-refractivity contribution in [3.63, 3.8) is 0 Å². The Morgan fingerprint density at radius 1 is 1.20 bits per heavy atom. The molecule has 0 unspecified atom stereocenters. The number of fused-ring (bicyclic) bond motifs is 4. The molecular weight excluding hydrogens is 449 g/mol. The normalized spacial score (nSPS) is 13.2. The number of aromatic amines is 1. The average Bonchev–Trinajstić information content (AvgIpc) is 3.57. The van der Waals surface area contributed by atoms with Gasteiger partial charge in [-0.2, -0.15) is 5.10 Å². The zero-order valence-corrected chi connectivity index (χ0v) is 20.1. The highest BCUT2D eigenvalue weighted by molar-refractivity contribution is 6.13. The van der Waals surface area contributed by atoms with Crippen molar-refractivity contribution >= 4 is 33.6 Å². The Labute approximate surface area is 200 Å². The van der Waals surface area contributed by atoms with E-state index in [1.165, 1.54) is 0 Å². The molecule has 0 saturated carbocycles. The van der Waals surface area contributed by atoms with Crippen molar-refractivity contribution < 1.29 is 13.7 Å². The number of anilines is 2. The molecule has 0 fully saturated rings. The second-order valence-electron chi connectivity index (χ2n) is 8.93. The van der Waals surface area contributed by atoms with Crippen LogP contribution in [0.15, 0.2) is 16.7 Å². The summed E-state index contributed by atoms with van der Waals surface area (Å²) < 4.78 is 26.2. The third-order valence-electron chi connectivity index (χ3n) is 6.69. The number of ether oxygens (including phenoxy) is 1. The van der Waals surface area contributed by atoms with Gasteiger partial charge >= 0.3 is 0 Å². The van der Waals surface area contributed by atoms with Crippen molar-refractivity contribution in [1.29, 1.82) is 0 Å². The van der Waals surface area contributed by atoms with Gasteiger partial charge in [-0.25, -0.2) is 19.0 Å². The number of nitrogens with one attached hydrogen (secondary N) is 2. The van der Waals surface area contributed by atoms with Crippen LogP contribution in [0.1, 0.15) is 35.0 Å². The van der Waals surface area contributed by atoms with Crippen molar-refractivity contribution in [3.8, 4) is 16.9 Å². The fourth-order valence-electron chi connectivity index (χ4n) is 5.20. The molecule has 1 aromatic carbocycles. The number of halogens is 1. The molecule has 0 bridgehead atoms. The summed E-state index contributed by atoms with van der Waals surface area (Å²) in [7, 11) is 1.65. The number of aromatic nitrogens is 6. The molecule has 2 N–H and O–H groups in total. The Hall–Kier alpha value is -3.95. The van der Waals surface area contributed by atoms with Gasteiger partial charge in [-0.3, -0.25) is 0 Å². The van der Waals surface area contributed by atoms with E-state index >= 15 is 0 Å². The molecule has 4 heterocycles. The minimum atomic E-state index is -0.484. The highest BCUT2D eigenvalue weighted by Crippen LogP contribution is 2.41. The minimum Gasteiger partial charge on any atom is -0.496 e. The number of nitrogens with zero attached hydrogens (tertiary/aromatic N) is 5. The van der Waals surface area contributed by atoms with Crippen LogP contribution < -0.4 is 10.1 Å². The van der Waals surface area contributed by atoms with Crippen LogP contribution in [-0.2, 0) is 19.4 Å². The first-order chi connectivity index (χ1) is 17.0. The molecule has 0 radical (unpaired) electrons. The van der Waals surface area contributed by atoms with E-state index in [0.717, 1.165) is 75.2 Å². The molecule has 10 heteroatoms. The van der Waals surface area contributed by atoms with Gasteiger partial charge in [-0.1, -0.05) is 5.16 Å². The van der Waals surface area contributed by atoms with Gasteiger partial charge in [0.1, 0.15) is 41.3 Å². The maximum atomic E-state index is 13.3. The molecule has 9 nitrogen and oxygen atoms in total. The first-order valence-electron chi connectivity index (χ1n) is 11.7. The van der Waals surface area contributed by atoms with Gasteiger partial charge in [0.05, 0.1) is 36.0 Å². The van der Waals surface area contributed by atoms with Crippen LogP contribution in [-0.4, -0.2) is 43.7 Å². The molecule has 0 atom stereocenters. The van der Waals surface area contributed by atoms with E-state index in [-0.39, 0.29) is 6.54 Å². The van der Waals surface area contributed by atoms with E-state index in [1.54, 1.807) is 11.8 Å². The predicted octanol–water partition coefficient (Wildman–Crippen LogP) is 5.10. The molecule has 5 aromatic rings. The van der Waals surface area contributed by atoms with Crippen molar-refractivity contribution in [2.75, 3.05) is 19.1 Å². The molecule has 0 amide bonds. The maximum Gasteiger partial charge on any atom is 0.145 e. The summed E-state index contributed by atoms with van der Waals surface area (Å²) in [5, 5.41) is 14.0. The van der Waals surface area contributed by atoms with Crippen LogP contribution in [0.4, 0.5) is 16.0 Å². The number of rotatable bonds is 6. The molecule has 1 aliphatic rings. The molecule has 0 aliphatic heterocycles. The van der Waals surface area contributed by atoms with E-state index in [4.69, 9.17) is 14.2 Å². The number of hydrogen-bond donors (Lipinski definition) is 2. The van der Waals surface area contributed by atoms with Gasteiger partial charge in [0.2, 0.25) is 0 Å². The van der Waals surface area contributed by atoms with Crippen LogP contribution in [0.2, 0.25) is 0 Å². The lowest BCUT2D eigenvalue weighted by atomic mass is 10.0. The van der Waals surface area contributed by atoms with Gasteiger partial charge < -0.3 is 19.6 Å². The largest absolute Gasteiger partial charge is 0.496 e. The second-order valence-corrected chi connectivity index (χ2v) is 8.93. The van der Waals surface area contributed by atoms with Crippen molar-refractivity contribution in [2.45, 2.75) is 46.6 Å². The molecule has 1 aliphatic carbocycles. The van der Waals surface area contributed by atoms with Crippen LogP contribution in [0.5, 0.6) is 5.75 Å². The summed E-state index contributed by atoms with van der Waals surface area (Å²) in [6, 6.07) is 4.02. The topological polar surface area (TPSA) is 107 Å². The number of alkyl halides is 1. The molecular formula is C25H26FN7O2. The third kappa shape index (κ3) is 3.35. The van der Waals surface area contributed by atoms with E-state index < -0.39 is 6.67 Å². The van der Waals surface area contributed by atoms with Gasteiger partial charge in [-0.15, -0.1) is 0 Å². The predicted molar refractivity (Wildman–Crippen MR) is 131 cm³/mol. The smallest absolute Gasteiger partial charge is 0.145 e. The fourth-order valence-corrected chi connectivity index (χ4v) is 5.20. The van der Waals surface area contributed by atoms with E-state index in [2.05, 4.69) is 25.5 Å². The summed E-state index contributed by atoms with van der Waals surface area (Å²) in [5.41, 5.74) is 6.37. The van der Waals surface area contributed by atoms with Gasteiger partial charge in [0, 0.05) is 22.0 Å². The summed E-state index contributed by atoms with van der Waals surface area (Å²) >= 11 is 0. The standard InChI is InChI=1S/C25H26FN7O2/c1-12-21(13(2)35-32-12)17-10-19-16(11-20(17)34-4)22-23(29-19)27-14(3)28-24(22)30-25-15-6-5-7-18(15)31-33(25)9-8-26/h10-11H,5-9H2,1-4H3,(H2,27,28,29,30). The van der Waals surface area contributed by atoms with Gasteiger partial charge in [0.15, 0.2) is 0 Å². The van der Waals surface area contributed by atoms with Crippen LogP contribution >= 0.6 is 0 Å². The van der Waals surface area contributed by atoms with Gasteiger partial charge in [-0.05, 0) is 52.2 Å².